The van der Waals surface area contributed by atoms with Gasteiger partial charge in [0.25, 0.3) is 11.8 Å². The van der Waals surface area contributed by atoms with Crippen LogP contribution in [0.3, 0.4) is 0 Å². The quantitative estimate of drug-likeness (QED) is 0.707. The summed E-state index contributed by atoms with van der Waals surface area (Å²) in [6.07, 6.45) is 2.84. The van der Waals surface area contributed by atoms with Crippen molar-refractivity contribution in [3.8, 4) is 0 Å². The molecule has 0 unspecified atom stereocenters. The normalized spacial score (nSPS) is 16.9. The average Bonchev–Trinajstić information content (AvgIpc) is 3.20. The Balaban J connectivity index is 1.50. The largest absolute Gasteiger partial charge is 0.455 e. The van der Waals surface area contributed by atoms with E-state index in [1.54, 1.807) is 36.4 Å². The van der Waals surface area contributed by atoms with Gasteiger partial charge in [-0.1, -0.05) is 54.2 Å². The van der Waals surface area contributed by atoms with E-state index in [0.717, 1.165) is 12.8 Å². The van der Waals surface area contributed by atoms with Gasteiger partial charge in [-0.2, -0.15) is 0 Å². The first kappa shape index (κ1) is 20.7. The molecule has 2 amide bonds. The zero-order valence-electron chi connectivity index (χ0n) is 16.1. The van der Waals surface area contributed by atoms with Crippen molar-refractivity contribution >= 4 is 52.4 Å². The number of carbonyl (C=O) groups excluding carboxylic acids is 3. The number of esters is 1. The molecule has 2 aromatic carbocycles. The van der Waals surface area contributed by atoms with E-state index in [4.69, 9.17) is 27.9 Å². The van der Waals surface area contributed by atoms with Gasteiger partial charge in [-0.05, 0) is 42.7 Å². The van der Waals surface area contributed by atoms with Crippen molar-refractivity contribution in [3.63, 3.8) is 0 Å². The molecular formula is C22H20Cl2N2O4. The van der Waals surface area contributed by atoms with Crippen LogP contribution in [-0.2, 0) is 25.5 Å². The van der Waals surface area contributed by atoms with Crippen molar-refractivity contribution in [2.24, 2.45) is 0 Å². The Morgan fingerprint density at radius 3 is 2.53 bits per heavy atom. The van der Waals surface area contributed by atoms with Crippen LogP contribution in [0.2, 0.25) is 10.0 Å². The summed E-state index contributed by atoms with van der Waals surface area (Å²) >= 11 is 11.9. The van der Waals surface area contributed by atoms with E-state index in [9.17, 15) is 14.4 Å². The summed E-state index contributed by atoms with van der Waals surface area (Å²) in [6.45, 7) is -0.441. The number of halogens is 2. The molecule has 0 aromatic heterocycles. The maximum atomic E-state index is 13.2. The summed E-state index contributed by atoms with van der Waals surface area (Å²) in [6, 6.07) is 12.0. The number of amides is 2. The summed E-state index contributed by atoms with van der Waals surface area (Å²) in [7, 11) is 0. The van der Waals surface area contributed by atoms with Crippen molar-refractivity contribution in [2.75, 3.05) is 16.8 Å². The Kier molecular flexibility index (Phi) is 5.71. The van der Waals surface area contributed by atoms with Crippen LogP contribution in [0.5, 0.6) is 0 Å². The lowest BCUT2D eigenvalue weighted by atomic mass is 9.90. The highest BCUT2D eigenvalue weighted by Crippen LogP contribution is 2.45. The Morgan fingerprint density at radius 1 is 1.07 bits per heavy atom. The minimum atomic E-state index is -0.929. The molecule has 1 heterocycles. The summed E-state index contributed by atoms with van der Waals surface area (Å²) in [4.78, 5) is 39.9. The number of para-hydroxylation sites is 2. The van der Waals surface area contributed by atoms with Gasteiger partial charge in [0.15, 0.2) is 6.61 Å². The van der Waals surface area contributed by atoms with Crippen LogP contribution >= 0.6 is 23.2 Å². The number of anilines is 2. The minimum Gasteiger partial charge on any atom is -0.455 e. The summed E-state index contributed by atoms with van der Waals surface area (Å²) in [5.74, 6) is -1.16. The topological polar surface area (TPSA) is 75.7 Å². The van der Waals surface area contributed by atoms with Gasteiger partial charge in [-0.3, -0.25) is 19.3 Å². The van der Waals surface area contributed by atoms with Gasteiger partial charge in [-0.15, -0.1) is 0 Å². The highest BCUT2D eigenvalue weighted by Gasteiger charge is 2.52. The average molecular weight is 447 g/mol. The fourth-order valence-electron chi connectivity index (χ4n) is 4.20. The number of hydrogen-bond donors (Lipinski definition) is 1. The Morgan fingerprint density at radius 2 is 1.80 bits per heavy atom. The maximum Gasteiger partial charge on any atom is 0.310 e. The van der Waals surface area contributed by atoms with Gasteiger partial charge in [0, 0.05) is 0 Å². The van der Waals surface area contributed by atoms with E-state index in [0.29, 0.717) is 39.8 Å². The van der Waals surface area contributed by atoms with Crippen molar-refractivity contribution in [1.29, 1.82) is 0 Å². The van der Waals surface area contributed by atoms with Crippen molar-refractivity contribution < 1.29 is 19.1 Å². The molecule has 0 bridgehead atoms. The molecule has 1 spiro atoms. The van der Waals surface area contributed by atoms with Crippen molar-refractivity contribution in [3.05, 3.63) is 58.1 Å². The number of ether oxygens (including phenoxy) is 1. The molecule has 6 nitrogen and oxygen atoms in total. The zero-order chi connectivity index (χ0) is 21.3. The van der Waals surface area contributed by atoms with Crippen LogP contribution in [0.25, 0.3) is 0 Å². The van der Waals surface area contributed by atoms with Gasteiger partial charge in [-0.25, -0.2) is 0 Å². The summed E-state index contributed by atoms with van der Waals surface area (Å²) < 4.78 is 5.25. The summed E-state index contributed by atoms with van der Waals surface area (Å²) in [5.41, 5.74) is 0.915. The number of nitrogens with one attached hydrogen (secondary N) is 1. The Labute approximate surface area is 184 Å². The Bertz CT molecular complexity index is 1020. The molecular weight excluding hydrogens is 427 g/mol. The molecule has 1 aliphatic carbocycles. The van der Waals surface area contributed by atoms with E-state index in [1.165, 1.54) is 4.90 Å². The van der Waals surface area contributed by atoms with E-state index >= 15 is 0 Å². The molecule has 30 heavy (non-hydrogen) atoms. The highest BCUT2D eigenvalue weighted by atomic mass is 35.5. The van der Waals surface area contributed by atoms with Gasteiger partial charge in [0.2, 0.25) is 0 Å². The molecule has 2 aliphatic rings. The zero-order valence-corrected chi connectivity index (χ0v) is 17.6. The minimum absolute atomic E-state index is 0.0353. The lowest BCUT2D eigenvalue weighted by molar-refractivity contribution is -0.147. The lowest BCUT2D eigenvalue weighted by Gasteiger charge is -2.44. The van der Waals surface area contributed by atoms with Crippen molar-refractivity contribution in [2.45, 2.75) is 37.6 Å². The third-order valence-electron chi connectivity index (χ3n) is 5.61. The van der Waals surface area contributed by atoms with Crippen LogP contribution in [0.4, 0.5) is 11.4 Å². The Hall–Kier alpha value is -2.57. The molecule has 0 radical (unpaired) electrons. The predicted octanol–water partition coefficient (Wildman–Crippen LogP) is 4.38. The number of rotatable bonds is 4. The maximum absolute atomic E-state index is 13.2. The first-order valence-corrected chi connectivity index (χ1v) is 10.5. The van der Waals surface area contributed by atoms with Gasteiger partial charge >= 0.3 is 5.97 Å². The first-order chi connectivity index (χ1) is 14.4. The smallest absolute Gasteiger partial charge is 0.310 e. The second-order valence-electron chi connectivity index (χ2n) is 7.53. The van der Waals surface area contributed by atoms with Gasteiger partial charge in [0.1, 0.15) is 5.54 Å². The highest BCUT2D eigenvalue weighted by molar-refractivity contribution is 6.42. The summed E-state index contributed by atoms with van der Waals surface area (Å²) in [5, 5.41) is 3.66. The molecule has 4 rings (SSSR count). The molecule has 0 atom stereocenters. The fourth-order valence-corrected chi connectivity index (χ4v) is 4.52. The third kappa shape index (κ3) is 3.77. The first-order valence-electron chi connectivity index (χ1n) is 9.74. The van der Waals surface area contributed by atoms with Crippen LogP contribution in [-0.4, -0.2) is 29.9 Å². The number of fused-ring (bicyclic) bond motifs is 1. The monoisotopic (exact) mass is 446 g/mol. The van der Waals surface area contributed by atoms with Gasteiger partial charge in [0.05, 0.1) is 27.8 Å². The standard InChI is InChI=1S/C22H20Cl2N2O4/c23-15-8-7-14(11-16(15)24)12-20(28)30-13-19(27)26-18-6-2-1-5-17(18)25-21(29)22(26)9-3-4-10-22/h1-2,5-8,11H,3-4,9-10,12-13H2,(H,25,29). The number of carbonyl (C=O) groups is 3. The molecule has 1 N–H and O–H groups in total. The van der Waals surface area contributed by atoms with E-state index < -0.39 is 24.0 Å². The van der Waals surface area contributed by atoms with E-state index in [2.05, 4.69) is 5.32 Å². The van der Waals surface area contributed by atoms with E-state index in [-0.39, 0.29) is 12.3 Å². The molecule has 0 saturated heterocycles. The molecule has 2 aromatic rings. The van der Waals surface area contributed by atoms with Gasteiger partial charge < -0.3 is 10.1 Å². The second kappa shape index (κ2) is 8.28. The number of hydrogen-bond acceptors (Lipinski definition) is 4. The van der Waals surface area contributed by atoms with E-state index in [1.807, 2.05) is 6.07 Å². The van der Waals surface area contributed by atoms with Crippen LogP contribution in [0.15, 0.2) is 42.5 Å². The molecule has 8 heteroatoms. The van der Waals surface area contributed by atoms with Crippen LogP contribution < -0.4 is 10.2 Å². The second-order valence-corrected chi connectivity index (χ2v) is 8.34. The number of benzene rings is 2. The van der Waals surface area contributed by atoms with Crippen molar-refractivity contribution in [1.82, 2.24) is 0 Å². The predicted molar refractivity (Wildman–Crippen MR) is 115 cm³/mol. The number of nitrogens with zero attached hydrogens (tertiary/aromatic N) is 1. The molecule has 1 fully saturated rings. The molecule has 156 valence electrons. The fraction of sp³-hybridized carbons (Fsp3) is 0.318. The third-order valence-corrected chi connectivity index (χ3v) is 6.35. The lowest BCUT2D eigenvalue weighted by Crippen LogP contribution is -2.61. The molecule has 1 saturated carbocycles. The van der Waals surface area contributed by atoms with Crippen LogP contribution in [0.1, 0.15) is 31.2 Å². The van der Waals surface area contributed by atoms with Crippen LogP contribution in [0, 0.1) is 0 Å². The SMILES string of the molecule is O=C(Cc1ccc(Cl)c(Cl)c1)OCC(=O)N1c2ccccc2NC(=O)C12CCCC2. The molecule has 1 aliphatic heterocycles.